The van der Waals surface area contributed by atoms with Gasteiger partial charge in [-0.3, -0.25) is 14.2 Å². The van der Waals surface area contributed by atoms with Gasteiger partial charge in [0.2, 0.25) is 11.9 Å². The third-order valence-corrected chi connectivity index (χ3v) is 4.63. The van der Waals surface area contributed by atoms with Gasteiger partial charge in [-0.1, -0.05) is 29.8 Å². The fourth-order valence-electron chi connectivity index (χ4n) is 2.72. The van der Waals surface area contributed by atoms with E-state index in [4.69, 9.17) is 11.6 Å². The molecule has 0 fully saturated rings. The number of fused-ring (bicyclic) bond motifs is 1. The van der Waals surface area contributed by atoms with Gasteiger partial charge in [0.05, 0.1) is 6.54 Å². The zero-order chi connectivity index (χ0) is 17.3. The molecule has 1 aromatic carbocycles. The average Bonchev–Trinajstić information content (AvgIpc) is 2.95. The average molecular weight is 347 g/mol. The lowest BCUT2D eigenvalue weighted by atomic mass is 10.2. The van der Waals surface area contributed by atoms with E-state index in [-0.39, 0.29) is 18.0 Å². The molecular formula is C17H19ClN4O2. The zero-order valence-electron chi connectivity index (χ0n) is 13.7. The summed E-state index contributed by atoms with van der Waals surface area (Å²) in [6, 6.07) is 7.40. The maximum Gasteiger partial charge on any atom is 0.258 e. The van der Waals surface area contributed by atoms with Gasteiger partial charge in [-0.2, -0.15) is 0 Å². The first-order valence-corrected chi connectivity index (χ1v) is 8.18. The highest BCUT2D eigenvalue weighted by Gasteiger charge is 2.25. The molecule has 2 heterocycles. The van der Waals surface area contributed by atoms with Gasteiger partial charge in [0.15, 0.2) is 0 Å². The number of hydrogen-bond donors (Lipinski definition) is 1. The summed E-state index contributed by atoms with van der Waals surface area (Å²) < 4.78 is 1.63. The van der Waals surface area contributed by atoms with Crippen LogP contribution in [0.5, 0.6) is 0 Å². The minimum absolute atomic E-state index is 0.0310. The molecule has 0 saturated heterocycles. The minimum atomic E-state index is -0.129. The Morgan fingerprint density at radius 2 is 2.04 bits per heavy atom. The van der Waals surface area contributed by atoms with Crippen molar-refractivity contribution in [3.05, 3.63) is 56.5 Å². The second kappa shape index (κ2) is 6.65. The summed E-state index contributed by atoms with van der Waals surface area (Å²) in [7, 11) is 0. The number of aromatic nitrogens is 2. The summed E-state index contributed by atoms with van der Waals surface area (Å²) >= 11 is 6.08. The highest BCUT2D eigenvalue weighted by molar-refractivity contribution is 6.31. The quantitative estimate of drug-likeness (QED) is 0.914. The molecule has 24 heavy (non-hydrogen) atoms. The van der Waals surface area contributed by atoms with Crippen LogP contribution in [0.25, 0.3) is 0 Å². The molecule has 1 N–H and O–H groups in total. The first-order chi connectivity index (χ1) is 11.5. The number of halogens is 1. The van der Waals surface area contributed by atoms with Crippen molar-refractivity contribution in [2.24, 2.45) is 0 Å². The molecule has 0 atom stereocenters. The molecule has 126 valence electrons. The lowest BCUT2D eigenvalue weighted by Gasteiger charge is -2.17. The second-order valence-corrected chi connectivity index (χ2v) is 6.28. The number of nitrogens with zero attached hydrogens (tertiary/aromatic N) is 3. The molecule has 3 rings (SSSR count). The summed E-state index contributed by atoms with van der Waals surface area (Å²) in [5.74, 6) is 0.437. The molecule has 6 nitrogen and oxygen atoms in total. The summed E-state index contributed by atoms with van der Waals surface area (Å²) in [4.78, 5) is 30.8. The molecule has 0 radical (unpaired) electrons. The first-order valence-electron chi connectivity index (χ1n) is 7.80. The molecule has 1 aliphatic rings. The van der Waals surface area contributed by atoms with Gasteiger partial charge in [0.25, 0.3) is 5.56 Å². The Morgan fingerprint density at radius 1 is 1.29 bits per heavy atom. The van der Waals surface area contributed by atoms with Crippen molar-refractivity contribution in [1.82, 2.24) is 14.9 Å². The standard InChI is InChI=1S/C17H19ClN4O2/c1-11-12(2)20-17-21(7-8-22(17)16(11)24)10-15(23)19-9-13-5-3-4-6-14(13)18/h3-6H,7-10H2,1-2H3,(H,19,23). The van der Waals surface area contributed by atoms with Gasteiger partial charge in [0, 0.05) is 35.9 Å². The van der Waals surface area contributed by atoms with Crippen LogP contribution in [0.1, 0.15) is 16.8 Å². The highest BCUT2D eigenvalue weighted by Crippen LogP contribution is 2.18. The normalized spacial score (nSPS) is 13.0. The predicted octanol–water partition coefficient (Wildman–Crippen LogP) is 1.65. The van der Waals surface area contributed by atoms with Crippen LogP contribution in [0, 0.1) is 13.8 Å². The van der Waals surface area contributed by atoms with Crippen molar-refractivity contribution in [1.29, 1.82) is 0 Å². The van der Waals surface area contributed by atoms with E-state index in [9.17, 15) is 9.59 Å². The van der Waals surface area contributed by atoms with E-state index >= 15 is 0 Å². The summed E-state index contributed by atoms with van der Waals surface area (Å²) in [5.41, 5.74) is 2.20. The monoisotopic (exact) mass is 346 g/mol. The van der Waals surface area contributed by atoms with Crippen molar-refractivity contribution < 1.29 is 4.79 Å². The van der Waals surface area contributed by atoms with Crippen LogP contribution < -0.4 is 15.8 Å². The van der Waals surface area contributed by atoms with E-state index in [0.717, 1.165) is 5.56 Å². The summed E-state index contributed by atoms with van der Waals surface area (Å²) in [5, 5.41) is 3.49. The van der Waals surface area contributed by atoms with Crippen LogP contribution in [0.15, 0.2) is 29.1 Å². The van der Waals surface area contributed by atoms with Gasteiger partial charge in [-0.05, 0) is 25.5 Å². The van der Waals surface area contributed by atoms with Crippen LogP contribution in [0.2, 0.25) is 5.02 Å². The van der Waals surface area contributed by atoms with Crippen LogP contribution in [0.4, 0.5) is 5.95 Å². The maximum atomic E-state index is 12.2. The topological polar surface area (TPSA) is 67.2 Å². The molecule has 0 saturated carbocycles. The molecule has 0 bridgehead atoms. The number of amides is 1. The lowest BCUT2D eigenvalue weighted by Crippen LogP contribution is -2.36. The molecule has 1 aromatic heterocycles. The van der Waals surface area contributed by atoms with Crippen molar-refractivity contribution in [3.63, 3.8) is 0 Å². The summed E-state index contributed by atoms with van der Waals surface area (Å²) in [6.45, 7) is 5.28. The van der Waals surface area contributed by atoms with Crippen LogP contribution in [-0.4, -0.2) is 28.5 Å². The van der Waals surface area contributed by atoms with Crippen LogP contribution in [0.3, 0.4) is 0 Å². The third-order valence-electron chi connectivity index (χ3n) is 4.26. The van der Waals surface area contributed by atoms with Gasteiger partial charge < -0.3 is 10.2 Å². The van der Waals surface area contributed by atoms with E-state index in [1.165, 1.54) is 0 Å². The molecule has 1 aliphatic heterocycles. The van der Waals surface area contributed by atoms with Crippen LogP contribution >= 0.6 is 11.6 Å². The van der Waals surface area contributed by atoms with Crippen molar-refractivity contribution in [2.75, 3.05) is 18.0 Å². The van der Waals surface area contributed by atoms with Gasteiger partial charge in [-0.25, -0.2) is 4.98 Å². The van der Waals surface area contributed by atoms with E-state index < -0.39 is 0 Å². The summed E-state index contributed by atoms with van der Waals surface area (Å²) in [6.07, 6.45) is 0. The molecule has 0 aliphatic carbocycles. The lowest BCUT2D eigenvalue weighted by molar-refractivity contribution is -0.119. The van der Waals surface area contributed by atoms with Crippen LogP contribution in [-0.2, 0) is 17.9 Å². The Labute approximate surface area is 145 Å². The number of carbonyl (C=O) groups is 1. The largest absolute Gasteiger partial charge is 0.350 e. The highest BCUT2D eigenvalue weighted by atomic mass is 35.5. The smallest absolute Gasteiger partial charge is 0.258 e. The molecule has 0 spiro atoms. The van der Waals surface area contributed by atoms with E-state index in [2.05, 4.69) is 10.3 Å². The maximum absolute atomic E-state index is 12.2. The fraction of sp³-hybridized carbons (Fsp3) is 0.353. The molecule has 2 aromatic rings. The molecule has 0 unspecified atom stereocenters. The van der Waals surface area contributed by atoms with Gasteiger partial charge >= 0.3 is 0 Å². The Morgan fingerprint density at radius 3 is 2.79 bits per heavy atom. The van der Waals surface area contributed by atoms with E-state index in [1.807, 2.05) is 30.0 Å². The number of hydrogen-bond acceptors (Lipinski definition) is 4. The predicted molar refractivity (Wildman–Crippen MR) is 93.5 cm³/mol. The van der Waals surface area contributed by atoms with E-state index in [1.54, 1.807) is 17.6 Å². The number of nitrogens with one attached hydrogen (secondary N) is 1. The van der Waals surface area contributed by atoms with Crippen molar-refractivity contribution >= 4 is 23.5 Å². The number of rotatable bonds is 4. The molecule has 1 amide bonds. The Kier molecular flexibility index (Phi) is 4.57. The zero-order valence-corrected chi connectivity index (χ0v) is 14.4. The van der Waals surface area contributed by atoms with Crippen molar-refractivity contribution in [2.45, 2.75) is 26.9 Å². The fourth-order valence-corrected chi connectivity index (χ4v) is 2.92. The number of carbonyl (C=O) groups excluding carboxylic acids is 1. The third kappa shape index (κ3) is 3.14. The number of anilines is 1. The molecule has 7 heteroatoms. The van der Waals surface area contributed by atoms with Gasteiger partial charge in [-0.15, -0.1) is 0 Å². The minimum Gasteiger partial charge on any atom is -0.350 e. The number of aryl methyl sites for hydroxylation is 1. The second-order valence-electron chi connectivity index (χ2n) is 5.87. The molecular weight excluding hydrogens is 328 g/mol. The number of benzene rings is 1. The van der Waals surface area contributed by atoms with Gasteiger partial charge in [0.1, 0.15) is 0 Å². The first kappa shape index (κ1) is 16.5. The Balaban J connectivity index is 1.67. The Hall–Kier alpha value is -2.34. The van der Waals surface area contributed by atoms with E-state index in [0.29, 0.717) is 41.9 Å². The SMILES string of the molecule is Cc1nc2n(c(=O)c1C)CCN2CC(=O)NCc1ccccc1Cl. The Bertz CT molecular complexity index is 847. The van der Waals surface area contributed by atoms with Crippen molar-refractivity contribution in [3.8, 4) is 0 Å².